The molecule has 3 rings (SSSR count). The third-order valence-corrected chi connectivity index (χ3v) is 8.22. The summed E-state index contributed by atoms with van der Waals surface area (Å²) in [6.07, 6.45) is -24.7. The minimum Gasteiger partial charge on any atom is -0.454 e. The van der Waals surface area contributed by atoms with Gasteiger partial charge < -0.3 is 65.3 Å². The summed E-state index contributed by atoms with van der Waals surface area (Å²) in [6.45, 7) is 5.31. The Balaban J connectivity index is 0.000000838. The van der Waals surface area contributed by atoms with Crippen molar-refractivity contribution >= 4 is 81.5 Å². The Kier molecular flexibility index (Phi) is 22.5. The molecule has 3 saturated heterocycles. The molecule has 0 amide bonds. The van der Waals surface area contributed by atoms with Crippen molar-refractivity contribution in [2.45, 2.75) is 133 Å². The summed E-state index contributed by atoms with van der Waals surface area (Å²) in [5, 5.41) is 91.2. The number of Topliss-reactive ketones (excluding diaryl/α,β-unsaturated/α-hetero) is 11. The molecule has 3 fully saturated rings. The molecule has 0 aromatic heterocycles. The normalized spacial score (nSPS) is 23.6. The maximum atomic E-state index is 11.6. The fourth-order valence-corrected chi connectivity index (χ4v) is 4.34. The lowest BCUT2D eigenvalue weighted by molar-refractivity contribution is -0.213. The Morgan fingerprint density at radius 1 is 0.371 bits per heavy atom. The minimum atomic E-state index is -1.92. The van der Waals surface area contributed by atoms with Gasteiger partial charge in [-0.3, -0.25) is 52.7 Å². The number of ether oxygens (including phenoxy) is 3. The Morgan fingerprint density at radius 3 is 0.694 bits per heavy atom. The second kappa shape index (κ2) is 24.7. The minimum absolute atomic E-state index is 0.502. The summed E-state index contributed by atoms with van der Waals surface area (Å²) in [5.41, 5.74) is 0. The molecule has 0 aromatic rings. The average Bonchev–Trinajstić information content (AvgIpc) is 3.21. The van der Waals surface area contributed by atoms with Gasteiger partial charge in [0.15, 0.2) is 143 Å². The monoisotopic (exact) mass is 896 g/mol. The summed E-state index contributed by atoms with van der Waals surface area (Å²) in [4.78, 5) is 152. The van der Waals surface area contributed by atoms with Crippen molar-refractivity contribution < 1.29 is 132 Å². The van der Waals surface area contributed by atoms with E-state index >= 15 is 0 Å². The number of carbonyl (C=O) groups excluding carboxylic acids is 14. The first kappa shape index (κ1) is 56.4. The molecule has 3 aliphatic rings. The number of ketones is 11. The highest BCUT2D eigenvalue weighted by molar-refractivity contribution is 6.16. The summed E-state index contributed by atoms with van der Waals surface area (Å²) in [7, 11) is 0. The van der Waals surface area contributed by atoms with E-state index < -0.39 is 180 Å². The van der Waals surface area contributed by atoms with Crippen LogP contribution in [0.15, 0.2) is 0 Å². The molecule has 0 saturated carbocycles. The summed E-state index contributed by atoms with van der Waals surface area (Å²) >= 11 is 0. The van der Waals surface area contributed by atoms with Crippen LogP contribution >= 0.6 is 0 Å². The quantitative estimate of drug-likeness (QED) is 0.0308. The van der Waals surface area contributed by atoms with Crippen molar-refractivity contribution in [3.8, 4) is 0 Å². The van der Waals surface area contributed by atoms with Crippen LogP contribution in [-0.2, 0) is 81.3 Å². The predicted molar refractivity (Wildman–Crippen MR) is 187 cm³/mol. The zero-order chi connectivity index (χ0) is 48.8. The highest BCUT2D eigenvalue weighted by Gasteiger charge is 2.51. The van der Waals surface area contributed by atoms with Gasteiger partial charge >= 0.3 is 17.9 Å². The number of aliphatic hydroxyl groups excluding tert-OH is 10. The first-order chi connectivity index (χ1) is 28.3. The van der Waals surface area contributed by atoms with Gasteiger partial charge in [0.25, 0.3) is 0 Å². The van der Waals surface area contributed by atoms with Crippen LogP contribution in [0.25, 0.3) is 0 Å². The highest BCUT2D eigenvalue weighted by Crippen LogP contribution is 2.23. The molecule has 0 aliphatic carbocycles. The lowest BCUT2D eigenvalue weighted by Crippen LogP contribution is -2.60. The zero-order valence-corrected chi connectivity index (χ0v) is 33.0. The van der Waals surface area contributed by atoms with E-state index in [1.807, 2.05) is 0 Å². The molecule has 3 heterocycles. The van der Waals surface area contributed by atoms with Crippen LogP contribution in [0.5, 0.6) is 0 Å². The molecule has 27 nitrogen and oxygen atoms in total. The molecule has 0 aromatic carbocycles. The van der Waals surface area contributed by atoms with Gasteiger partial charge in [-0.05, 0) is 34.6 Å². The third kappa shape index (κ3) is 16.0. The van der Waals surface area contributed by atoms with E-state index in [4.69, 9.17) is 35.7 Å². The maximum Gasteiger partial charge on any atom is 0.339 e. The van der Waals surface area contributed by atoms with E-state index in [0.29, 0.717) is 0 Å². The third-order valence-electron chi connectivity index (χ3n) is 8.22. The van der Waals surface area contributed by atoms with Crippen LogP contribution in [0.3, 0.4) is 0 Å². The fourth-order valence-electron chi connectivity index (χ4n) is 4.34. The molecular formula is C35H44O27. The fraction of sp³-hybridized carbons (Fsp3) is 0.600. The van der Waals surface area contributed by atoms with Gasteiger partial charge in [0.05, 0.1) is 19.3 Å². The van der Waals surface area contributed by atoms with Gasteiger partial charge in [-0.1, -0.05) is 0 Å². The van der Waals surface area contributed by atoms with Crippen LogP contribution in [0.2, 0.25) is 0 Å². The molecule has 0 radical (unpaired) electrons. The van der Waals surface area contributed by atoms with Crippen LogP contribution in [0.4, 0.5) is 0 Å². The lowest BCUT2D eigenvalue weighted by atomic mass is 9.93. The number of rotatable bonds is 20. The molecule has 0 spiro atoms. The van der Waals surface area contributed by atoms with Crippen LogP contribution in [0, 0.1) is 0 Å². The first-order valence-electron chi connectivity index (χ1n) is 17.4. The Hall–Kier alpha value is -5.62. The summed E-state index contributed by atoms with van der Waals surface area (Å²) < 4.78 is 13.0. The lowest BCUT2D eigenvalue weighted by Gasteiger charge is -2.35. The van der Waals surface area contributed by atoms with Crippen molar-refractivity contribution in [1.82, 2.24) is 0 Å². The van der Waals surface area contributed by atoms with Crippen LogP contribution < -0.4 is 0 Å². The van der Waals surface area contributed by atoms with Gasteiger partial charge in [0, 0.05) is 0 Å². The number of carbonyl (C=O) groups is 14. The first-order valence-corrected chi connectivity index (χ1v) is 17.4. The molecule has 0 bridgehead atoms. The molecule has 12 unspecified atom stereocenters. The summed E-state index contributed by atoms with van der Waals surface area (Å²) in [6, 6.07) is 0. The van der Waals surface area contributed by atoms with Crippen molar-refractivity contribution in [3.63, 3.8) is 0 Å². The second-order valence-electron chi connectivity index (χ2n) is 13.4. The molecule has 346 valence electrons. The molecular weight excluding hydrogens is 852 g/mol. The Bertz CT molecular complexity index is 1730. The predicted octanol–water partition coefficient (Wildman–Crippen LogP) is -9.14. The van der Waals surface area contributed by atoms with Gasteiger partial charge in [0.1, 0.15) is 0 Å². The standard InChI is InChI=1S/C11H12O10.C10H12O8.C9H12O6.C5H8O3/c12-2(4(14)8-6(16)10(18)20-8)1-3(13)5(15)9-7(17)11(19)21-9;1-3(11)6(14)4(12)2-5(13)7(15)9-8(16)10(17)18-9;1-4(10)8(14)6(12)3-7(13)9(15)5(2)11;1-3(6)5(8)4(2)7/h4-9,14-17H,1H2;6-9,14-16H,2H2,1H3;8-9,14-15H,3H2,1-2H3;5,8H,1-2H3. The Labute approximate surface area is 347 Å². The van der Waals surface area contributed by atoms with E-state index in [9.17, 15) is 82.4 Å². The van der Waals surface area contributed by atoms with E-state index in [1.165, 1.54) is 13.8 Å². The smallest absolute Gasteiger partial charge is 0.339 e. The summed E-state index contributed by atoms with van der Waals surface area (Å²) in [5.74, 6) is -12.7. The van der Waals surface area contributed by atoms with Crippen molar-refractivity contribution in [1.29, 1.82) is 0 Å². The topological polar surface area (TPSA) is 469 Å². The number of hydrogen-bond donors (Lipinski definition) is 10. The number of hydrogen-bond acceptors (Lipinski definition) is 27. The van der Waals surface area contributed by atoms with Gasteiger partial charge in [-0.15, -0.1) is 0 Å². The van der Waals surface area contributed by atoms with Crippen LogP contribution in [0.1, 0.15) is 53.9 Å². The number of aliphatic hydroxyl groups is 10. The van der Waals surface area contributed by atoms with E-state index in [-0.39, 0.29) is 0 Å². The number of esters is 3. The molecule has 3 aliphatic heterocycles. The van der Waals surface area contributed by atoms with Crippen molar-refractivity contribution in [2.75, 3.05) is 0 Å². The molecule has 12 atom stereocenters. The van der Waals surface area contributed by atoms with Crippen molar-refractivity contribution in [2.24, 2.45) is 0 Å². The highest BCUT2D eigenvalue weighted by atomic mass is 16.6. The SMILES string of the molecule is CC(=O)C(O)C(=O)CC(=O)C(O)C(C)=O.CC(=O)C(O)C(=O)CC(=O)C(O)C1OC(=O)C1O.CC(=O)C(O)C(C)=O.O=C(CC(=O)C(O)C1OC(=O)C1O)C(O)C1OC(=O)C1O. The van der Waals surface area contributed by atoms with E-state index in [0.717, 1.165) is 20.8 Å². The zero-order valence-electron chi connectivity index (χ0n) is 33.0. The van der Waals surface area contributed by atoms with Crippen LogP contribution in [-0.4, -0.2) is 212 Å². The van der Waals surface area contributed by atoms with E-state index in [1.54, 1.807) is 0 Å². The maximum absolute atomic E-state index is 11.6. The van der Waals surface area contributed by atoms with Crippen molar-refractivity contribution in [3.05, 3.63) is 0 Å². The molecule has 27 heteroatoms. The largest absolute Gasteiger partial charge is 0.454 e. The average molecular weight is 897 g/mol. The Morgan fingerprint density at radius 2 is 0.548 bits per heavy atom. The van der Waals surface area contributed by atoms with Gasteiger partial charge in [0.2, 0.25) is 0 Å². The van der Waals surface area contributed by atoms with Gasteiger partial charge in [-0.2, -0.15) is 0 Å². The van der Waals surface area contributed by atoms with E-state index in [2.05, 4.69) is 14.2 Å². The number of cyclic esters (lactones) is 3. The molecule has 62 heavy (non-hydrogen) atoms. The molecule has 10 N–H and O–H groups in total. The van der Waals surface area contributed by atoms with Gasteiger partial charge in [-0.25, -0.2) is 14.4 Å². The second-order valence-corrected chi connectivity index (χ2v) is 13.4.